The number of carbonyl (C=O) groups is 4. The van der Waals surface area contributed by atoms with Crippen molar-refractivity contribution in [2.45, 2.75) is 78.8 Å². The predicted molar refractivity (Wildman–Crippen MR) is 162 cm³/mol. The van der Waals surface area contributed by atoms with Crippen molar-refractivity contribution < 1.29 is 47.2 Å². The van der Waals surface area contributed by atoms with Gasteiger partial charge >= 0.3 is 14.3 Å². The molecule has 1 aromatic carbocycles. The van der Waals surface area contributed by atoms with Gasteiger partial charge in [0.1, 0.15) is 17.3 Å². The Bertz CT molecular complexity index is 1270. The molecule has 244 valence electrons. The Labute approximate surface area is 257 Å². The summed E-state index contributed by atoms with van der Waals surface area (Å²) >= 11 is 0. The van der Waals surface area contributed by atoms with Crippen LogP contribution in [0.2, 0.25) is 0 Å². The molecule has 3 atom stereocenters. The van der Waals surface area contributed by atoms with Crippen molar-refractivity contribution in [3.63, 3.8) is 0 Å². The third-order valence-electron chi connectivity index (χ3n) is 6.39. The van der Waals surface area contributed by atoms with Gasteiger partial charge in [-0.05, 0) is 57.9 Å². The molecule has 1 heterocycles. The number of unbranched alkanes of at least 4 members (excludes halogenated alkanes) is 2. The summed E-state index contributed by atoms with van der Waals surface area (Å²) in [6.45, 7) is 9.21. The first-order chi connectivity index (χ1) is 21.0. The largest absolute Gasteiger partial charge is 0.494 e. The van der Waals surface area contributed by atoms with Crippen LogP contribution in [0.4, 0.5) is 4.79 Å². The number of benzene rings is 1. The van der Waals surface area contributed by atoms with E-state index in [1.807, 2.05) is 6.92 Å². The summed E-state index contributed by atoms with van der Waals surface area (Å²) < 4.78 is 27.3. The molecule has 0 bridgehead atoms. The number of furan rings is 1. The van der Waals surface area contributed by atoms with Crippen LogP contribution >= 0.6 is 8.25 Å². The molecule has 4 amide bonds. The molecule has 4 N–H and O–H groups in total. The molecule has 44 heavy (non-hydrogen) atoms. The molecule has 0 saturated carbocycles. The highest BCUT2D eigenvalue weighted by atomic mass is 31.1. The Morgan fingerprint density at radius 1 is 1.07 bits per heavy atom. The first-order valence-corrected chi connectivity index (χ1v) is 15.9. The summed E-state index contributed by atoms with van der Waals surface area (Å²) in [5.74, 6) is -1.02. The summed E-state index contributed by atoms with van der Waals surface area (Å²) in [6.07, 6.45) is 2.85. The summed E-state index contributed by atoms with van der Waals surface area (Å²) in [6, 6.07) is 6.62. The topological polar surface area (TPSA) is 186 Å². The van der Waals surface area contributed by atoms with Gasteiger partial charge in [0.15, 0.2) is 5.76 Å². The van der Waals surface area contributed by atoms with E-state index in [1.165, 1.54) is 18.2 Å². The van der Waals surface area contributed by atoms with Crippen LogP contribution in [0.25, 0.3) is 11.3 Å². The van der Waals surface area contributed by atoms with Crippen LogP contribution in [0.1, 0.15) is 77.3 Å². The van der Waals surface area contributed by atoms with Crippen molar-refractivity contribution in [2.75, 3.05) is 13.3 Å². The fraction of sp³-hybridized carbons (Fsp3) is 0.517. The van der Waals surface area contributed by atoms with Gasteiger partial charge in [-0.15, -0.1) is 0 Å². The van der Waals surface area contributed by atoms with Crippen LogP contribution in [0, 0.1) is 5.92 Å². The van der Waals surface area contributed by atoms with Gasteiger partial charge in [-0.2, -0.15) is 5.06 Å². The van der Waals surface area contributed by atoms with E-state index in [0.29, 0.717) is 43.6 Å². The van der Waals surface area contributed by atoms with Gasteiger partial charge < -0.3 is 39.4 Å². The number of rotatable bonds is 19. The molecule has 15 heteroatoms. The van der Waals surface area contributed by atoms with Crippen LogP contribution in [0.5, 0.6) is 11.5 Å². The quantitative estimate of drug-likeness (QED) is 0.0565. The van der Waals surface area contributed by atoms with Gasteiger partial charge in [-0.3, -0.25) is 14.4 Å². The summed E-state index contributed by atoms with van der Waals surface area (Å²) in [4.78, 5) is 64.4. The van der Waals surface area contributed by atoms with Crippen molar-refractivity contribution >= 4 is 32.6 Å². The molecule has 0 aliphatic rings. The van der Waals surface area contributed by atoms with Gasteiger partial charge in [-0.1, -0.05) is 33.1 Å². The molecule has 0 aliphatic heterocycles. The average molecular weight is 639 g/mol. The Kier molecular flexibility index (Phi) is 15.3. The summed E-state index contributed by atoms with van der Waals surface area (Å²) in [5.41, 5.74) is 0.450. The lowest BCUT2D eigenvalue weighted by molar-refractivity contribution is -0.169. The number of nitrogens with one attached hydrogen (secondary N) is 3. The van der Waals surface area contributed by atoms with Crippen LogP contribution < -0.4 is 25.2 Å². The number of hydrogen-bond donors (Lipinski definition) is 4. The van der Waals surface area contributed by atoms with Crippen molar-refractivity contribution in [1.82, 2.24) is 21.0 Å². The molecule has 14 nitrogen and oxygen atoms in total. The average Bonchev–Trinajstić information content (AvgIpc) is 3.46. The van der Waals surface area contributed by atoms with Gasteiger partial charge in [0, 0.05) is 17.7 Å². The lowest BCUT2D eigenvalue weighted by Gasteiger charge is -2.32. The number of hydrogen-bond acceptors (Lipinski definition) is 9. The van der Waals surface area contributed by atoms with Crippen molar-refractivity contribution in [3.8, 4) is 22.8 Å². The van der Waals surface area contributed by atoms with Gasteiger partial charge in [0.05, 0.1) is 25.2 Å². The minimum Gasteiger partial charge on any atom is -0.494 e. The van der Waals surface area contributed by atoms with Crippen LogP contribution in [-0.4, -0.2) is 59.6 Å². The van der Waals surface area contributed by atoms with E-state index in [2.05, 4.69) is 16.0 Å². The maximum absolute atomic E-state index is 13.3. The van der Waals surface area contributed by atoms with E-state index in [1.54, 1.807) is 39.8 Å². The molecule has 1 aromatic heterocycles. The van der Waals surface area contributed by atoms with Crippen LogP contribution in [0.15, 0.2) is 34.7 Å². The van der Waals surface area contributed by atoms with E-state index in [-0.39, 0.29) is 30.0 Å². The second kappa shape index (κ2) is 18.6. The number of nitrogens with zero attached hydrogens (tertiary/aromatic N) is 1. The van der Waals surface area contributed by atoms with E-state index < -0.39 is 38.1 Å². The fourth-order valence-corrected chi connectivity index (χ4v) is 4.77. The van der Waals surface area contributed by atoms with E-state index in [4.69, 9.17) is 23.4 Å². The Morgan fingerprint density at radius 2 is 1.80 bits per heavy atom. The molecule has 0 radical (unpaired) electrons. The van der Waals surface area contributed by atoms with Gasteiger partial charge in [0.2, 0.25) is 12.3 Å². The zero-order chi connectivity index (χ0) is 32.6. The smallest absolute Gasteiger partial charge is 0.431 e. The molecule has 0 fully saturated rings. The van der Waals surface area contributed by atoms with Crippen molar-refractivity contribution in [3.05, 3.63) is 36.1 Å². The monoisotopic (exact) mass is 638 g/mol. The highest BCUT2D eigenvalue weighted by molar-refractivity contribution is 7.32. The van der Waals surface area contributed by atoms with E-state index in [9.17, 15) is 23.7 Å². The number of carbonyl (C=O) groups excluding carboxylic acids is 4. The maximum atomic E-state index is 13.3. The van der Waals surface area contributed by atoms with Gasteiger partial charge in [-0.25, -0.2) is 9.36 Å². The molecule has 0 spiro atoms. The number of hydroxylamine groups is 2. The minimum atomic E-state index is -3.26. The van der Waals surface area contributed by atoms with Crippen molar-refractivity contribution in [1.29, 1.82) is 0 Å². The SMILES string of the molecule is CCCCCC(C(=O)NCNC(=O)c1ccc(-c2cc(OCC)cc(O[PH](=O)O)c2)o1)C(CC)N(C=O)OC(=O)NC(C)C. The minimum absolute atomic E-state index is 0.0445. The highest BCUT2D eigenvalue weighted by Gasteiger charge is 2.33. The molecule has 2 rings (SSSR count). The Morgan fingerprint density at radius 3 is 2.41 bits per heavy atom. The second-order valence-electron chi connectivity index (χ2n) is 10.1. The Balaban J connectivity index is 2.10. The lowest BCUT2D eigenvalue weighted by Crippen LogP contribution is -2.50. The standard InChI is InChI=1S/C29H43N4O10P/c1-6-9-10-11-23(24(7-2)33(18-34)42-29(37)32-19(4)5)27(35)30-17-31-28(36)26-13-12-25(41-26)20-14-21(40-8-3)16-22(15-20)43-44(38)39/h12-16,18-19,23-24,44H,6-11,17H2,1-5H3,(H,30,35)(H,31,36)(H,32,37)(H,38,39). The molecule has 0 aliphatic carbocycles. The van der Waals surface area contributed by atoms with E-state index in [0.717, 1.165) is 17.9 Å². The first-order valence-electron chi connectivity index (χ1n) is 14.6. The lowest BCUT2D eigenvalue weighted by atomic mass is 9.90. The molecule has 2 aromatic rings. The third kappa shape index (κ3) is 11.6. The zero-order valence-electron chi connectivity index (χ0n) is 25.7. The number of ether oxygens (including phenoxy) is 1. The predicted octanol–water partition coefficient (Wildman–Crippen LogP) is 4.39. The molecular formula is C29H43N4O10P. The number of amides is 4. The van der Waals surface area contributed by atoms with Crippen LogP contribution in [0.3, 0.4) is 0 Å². The summed E-state index contributed by atoms with van der Waals surface area (Å²) in [7, 11) is -3.26. The summed E-state index contributed by atoms with van der Waals surface area (Å²) in [5, 5.41) is 8.67. The zero-order valence-corrected chi connectivity index (χ0v) is 26.7. The van der Waals surface area contributed by atoms with Crippen molar-refractivity contribution in [2.24, 2.45) is 5.92 Å². The Hall–Kier alpha value is -4.03. The highest BCUT2D eigenvalue weighted by Crippen LogP contribution is 2.34. The molecular weight excluding hydrogens is 595 g/mol. The van der Waals surface area contributed by atoms with E-state index >= 15 is 0 Å². The van der Waals surface area contributed by atoms with Crippen LogP contribution in [-0.2, 0) is 19.0 Å². The molecule has 3 unspecified atom stereocenters. The van der Waals surface area contributed by atoms with Gasteiger partial charge in [0.25, 0.3) is 5.91 Å². The normalized spacial score (nSPS) is 12.9. The fourth-order valence-electron chi connectivity index (χ4n) is 4.45. The maximum Gasteiger partial charge on any atom is 0.431 e. The third-order valence-corrected chi connectivity index (χ3v) is 6.80. The second-order valence-corrected chi connectivity index (χ2v) is 10.8. The molecule has 0 saturated heterocycles. The first kappa shape index (κ1) is 36.2.